The molecule has 112 valence electrons. The molecule has 0 bridgehead atoms. The van der Waals surface area contributed by atoms with Gasteiger partial charge in [-0.1, -0.05) is 23.7 Å². The number of hydrogen-bond donors (Lipinski definition) is 1. The lowest BCUT2D eigenvalue weighted by Crippen LogP contribution is -2.13. The van der Waals surface area contributed by atoms with Crippen LogP contribution < -0.4 is 14.2 Å². The van der Waals surface area contributed by atoms with E-state index in [1.165, 1.54) is 32.4 Å². The van der Waals surface area contributed by atoms with Gasteiger partial charge in [0.1, 0.15) is 11.5 Å². The molecule has 0 atom stereocenters. The van der Waals surface area contributed by atoms with Gasteiger partial charge in [0.05, 0.1) is 29.8 Å². The Morgan fingerprint density at radius 1 is 1.00 bits per heavy atom. The van der Waals surface area contributed by atoms with Crippen LogP contribution in [0.15, 0.2) is 47.4 Å². The van der Waals surface area contributed by atoms with Crippen LogP contribution in [0.2, 0.25) is 5.02 Å². The molecule has 0 aliphatic heterocycles. The molecule has 0 aromatic heterocycles. The molecule has 0 fully saturated rings. The molecule has 0 aliphatic rings. The van der Waals surface area contributed by atoms with Crippen molar-refractivity contribution in [2.24, 2.45) is 0 Å². The van der Waals surface area contributed by atoms with Gasteiger partial charge in [0, 0.05) is 0 Å². The third kappa shape index (κ3) is 3.40. The number of para-hydroxylation sites is 2. The van der Waals surface area contributed by atoms with Gasteiger partial charge in [-0.25, -0.2) is 8.42 Å². The van der Waals surface area contributed by atoms with Crippen molar-refractivity contribution in [2.45, 2.75) is 4.90 Å². The second kappa shape index (κ2) is 6.24. The molecule has 2 aromatic carbocycles. The summed E-state index contributed by atoms with van der Waals surface area (Å²) < 4.78 is 37.3. The average Bonchev–Trinajstić information content (AvgIpc) is 2.47. The Balaban J connectivity index is 2.36. The van der Waals surface area contributed by atoms with Gasteiger partial charge < -0.3 is 9.47 Å². The van der Waals surface area contributed by atoms with Crippen LogP contribution in [-0.2, 0) is 10.0 Å². The molecular weight excluding hydrogens is 314 g/mol. The quantitative estimate of drug-likeness (QED) is 0.916. The Morgan fingerprint density at radius 3 is 2.29 bits per heavy atom. The van der Waals surface area contributed by atoms with E-state index in [0.29, 0.717) is 17.2 Å². The first-order chi connectivity index (χ1) is 9.97. The second-order valence-corrected chi connectivity index (χ2v) is 6.19. The Labute approximate surface area is 128 Å². The number of halogens is 1. The molecule has 0 amide bonds. The summed E-state index contributed by atoms with van der Waals surface area (Å²) in [5.41, 5.74) is 0.354. The third-order valence-corrected chi connectivity index (χ3v) is 4.44. The fraction of sp³-hybridized carbons (Fsp3) is 0.143. The molecule has 2 rings (SSSR count). The third-order valence-electron chi connectivity index (χ3n) is 2.78. The van der Waals surface area contributed by atoms with Crippen molar-refractivity contribution in [2.75, 3.05) is 18.9 Å². The van der Waals surface area contributed by atoms with E-state index in [0.717, 1.165) is 0 Å². The standard InChI is InChI=1S/C14H14ClNO4S/c1-19-13-8-7-10(9-11(13)15)21(17,18)16-12-5-3-4-6-14(12)20-2/h3-9,16H,1-2H3. The molecule has 7 heteroatoms. The molecule has 1 N–H and O–H groups in total. The van der Waals surface area contributed by atoms with E-state index in [2.05, 4.69) is 4.72 Å². The summed E-state index contributed by atoms with van der Waals surface area (Å²) in [6, 6.07) is 11.0. The Hall–Kier alpha value is -1.92. The highest BCUT2D eigenvalue weighted by atomic mass is 35.5. The summed E-state index contributed by atoms with van der Waals surface area (Å²) in [5.74, 6) is 0.841. The maximum Gasteiger partial charge on any atom is 0.262 e. The number of benzene rings is 2. The summed E-state index contributed by atoms with van der Waals surface area (Å²) in [5, 5.41) is 0.223. The minimum atomic E-state index is -3.76. The number of rotatable bonds is 5. The first kappa shape index (κ1) is 15.5. The zero-order valence-electron chi connectivity index (χ0n) is 11.5. The molecule has 0 heterocycles. The van der Waals surface area contributed by atoms with Crippen molar-refractivity contribution in [3.63, 3.8) is 0 Å². The molecule has 0 spiro atoms. The number of nitrogens with one attached hydrogen (secondary N) is 1. The maximum atomic E-state index is 12.4. The highest BCUT2D eigenvalue weighted by Crippen LogP contribution is 2.30. The predicted octanol–water partition coefficient (Wildman–Crippen LogP) is 3.16. The van der Waals surface area contributed by atoms with E-state index in [9.17, 15) is 8.42 Å². The molecular formula is C14H14ClNO4S. The monoisotopic (exact) mass is 327 g/mol. The fourth-order valence-electron chi connectivity index (χ4n) is 1.75. The molecule has 21 heavy (non-hydrogen) atoms. The van der Waals surface area contributed by atoms with E-state index >= 15 is 0 Å². The van der Waals surface area contributed by atoms with Gasteiger partial charge >= 0.3 is 0 Å². The predicted molar refractivity (Wildman–Crippen MR) is 81.8 cm³/mol. The van der Waals surface area contributed by atoms with Gasteiger partial charge in [0.2, 0.25) is 0 Å². The van der Waals surface area contributed by atoms with Crippen LogP contribution in [-0.4, -0.2) is 22.6 Å². The summed E-state index contributed by atoms with van der Waals surface area (Å²) in [4.78, 5) is 0.0409. The van der Waals surface area contributed by atoms with Crippen molar-refractivity contribution in [3.05, 3.63) is 47.5 Å². The number of ether oxygens (including phenoxy) is 2. The number of hydrogen-bond acceptors (Lipinski definition) is 4. The number of methoxy groups -OCH3 is 2. The lowest BCUT2D eigenvalue weighted by atomic mass is 10.3. The SMILES string of the molecule is COc1ccc(S(=O)(=O)Nc2ccccc2OC)cc1Cl. The van der Waals surface area contributed by atoms with Gasteiger partial charge in [-0.15, -0.1) is 0 Å². The zero-order chi connectivity index (χ0) is 15.5. The molecule has 0 saturated carbocycles. The van der Waals surface area contributed by atoms with E-state index in [4.69, 9.17) is 21.1 Å². The number of sulfonamides is 1. The summed E-state index contributed by atoms with van der Waals surface area (Å²) >= 11 is 5.96. The van der Waals surface area contributed by atoms with Gasteiger partial charge in [-0.3, -0.25) is 4.72 Å². The summed E-state index contributed by atoms with van der Waals surface area (Å²) in [6.45, 7) is 0. The molecule has 2 aromatic rings. The van der Waals surface area contributed by atoms with Crippen LogP contribution in [0.25, 0.3) is 0 Å². The Bertz CT molecular complexity index is 746. The van der Waals surface area contributed by atoms with E-state index in [-0.39, 0.29) is 9.92 Å². The van der Waals surface area contributed by atoms with Crippen molar-refractivity contribution in [1.29, 1.82) is 0 Å². The van der Waals surface area contributed by atoms with E-state index in [1.807, 2.05) is 0 Å². The van der Waals surface area contributed by atoms with Crippen molar-refractivity contribution >= 4 is 27.3 Å². The second-order valence-electron chi connectivity index (χ2n) is 4.10. The minimum Gasteiger partial charge on any atom is -0.495 e. The van der Waals surface area contributed by atoms with Gasteiger partial charge in [-0.2, -0.15) is 0 Å². The zero-order valence-corrected chi connectivity index (χ0v) is 13.0. The summed E-state index contributed by atoms with van der Waals surface area (Å²) in [6.07, 6.45) is 0. The highest BCUT2D eigenvalue weighted by molar-refractivity contribution is 7.92. The largest absolute Gasteiger partial charge is 0.495 e. The normalized spacial score (nSPS) is 11.0. The van der Waals surface area contributed by atoms with Crippen molar-refractivity contribution in [3.8, 4) is 11.5 Å². The van der Waals surface area contributed by atoms with Gasteiger partial charge in [0.25, 0.3) is 10.0 Å². The number of anilines is 1. The molecule has 0 radical (unpaired) electrons. The van der Waals surface area contributed by atoms with Gasteiger partial charge in [-0.05, 0) is 30.3 Å². The lowest BCUT2D eigenvalue weighted by molar-refractivity contribution is 0.414. The molecule has 0 unspecified atom stereocenters. The van der Waals surface area contributed by atoms with Crippen LogP contribution in [0.1, 0.15) is 0 Å². The Kier molecular flexibility index (Phi) is 4.59. The maximum absolute atomic E-state index is 12.4. The van der Waals surface area contributed by atoms with Crippen LogP contribution in [0.5, 0.6) is 11.5 Å². The highest BCUT2D eigenvalue weighted by Gasteiger charge is 2.17. The minimum absolute atomic E-state index is 0.0409. The smallest absolute Gasteiger partial charge is 0.262 e. The Morgan fingerprint density at radius 2 is 1.67 bits per heavy atom. The summed E-state index contributed by atoms with van der Waals surface area (Å²) in [7, 11) is -0.833. The molecule has 5 nitrogen and oxygen atoms in total. The van der Waals surface area contributed by atoms with E-state index < -0.39 is 10.0 Å². The topological polar surface area (TPSA) is 64.6 Å². The van der Waals surface area contributed by atoms with Crippen LogP contribution in [0, 0.1) is 0 Å². The molecule has 0 aliphatic carbocycles. The van der Waals surface area contributed by atoms with Gasteiger partial charge in [0.15, 0.2) is 0 Å². The first-order valence-corrected chi connectivity index (χ1v) is 7.83. The van der Waals surface area contributed by atoms with E-state index in [1.54, 1.807) is 24.3 Å². The van der Waals surface area contributed by atoms with Crippen LogP contribution in [0.4, 0.5) is 5.69 Å². The van der Waals surface area contributed by atoms with Crippen molar-refractivity contribution in [1.82, 2.24) is 0 Å². The lowest BCUT2D eigenvalue weighted by Gasteiger charge is -2.12. The molecule has 0 saturated heterocycles. The van der Waals surface area contributed by atoms with Crippen LogP contribution in [0.3, 0.4) is 0 Å². The average molecular weight is 328 g/mol. The van der Waals surface area contributed by atoms with Crippen molar-refractivity contribution < 1.29 is 17.9 Å². The first-order valence-electron chi connectivity index (χ1n) is 5.97. The van der Waals surface area contributed by atoms with Crippen LogP contribution >= 0.6 is 11.6 Å². The fourth-order valence-corrected chi connectivity index (χ4v) is 3.17.